The first kappa shape index (κ1) is 21.3. The van der Waals surface area contributed by atoms with Gasteiger partial charge in [-0.05, 0) is 47.5 Å². The molecule has 5 nitrogen and oxygen atoms in total. The van der Waals surface area contributed by atoms with Crippen LogP contribution >= 0.6 is 11.3 Å². The number of aromatic nitrogens is 2. The van der Waals surface area contributed by atoms with Crippen molar-refractivity contribution in [3.63, 3.8) is 0 Å². The summed E-state index contributed by atoms with van der Waals surface area (Å²) in [6, 6.07) is 28.2. The Balaban J connectivity index is 1.30. The maximum Gasteiger partial charge on any atom is 0.225 e. The van der Waals surface area contributed by atoms with Crippen LogP contribution in [0, 0.1) is 5.92 Å². The molecule has 0 saturated carbocycles. The van der Waals surface area contributed by atoms with Gasteiger partial charge >= 0.3 is 0 Å². The molecular weight excluding hydrogens is 428 g/mol. The molecule has 1 fully saturated rings. The van der Waals surface area contributed by atoms with Gasteiger partial charge < -0.3 is 10.2 Å². The zero-order valence-corrected chi connectivity index (χ0v) is 19.1. The SMILES string of the molecule is O=C(NC(c1ccccc1)c1ccccc1)C1CCCN(c2ccc(-c3cccs3)nn2)C1. The second-order valence-electron chi connectivity index (χ2n) is 8.30. The summed E-state index contributed by atoms with van der Waals surface area (Å²) in [7, 11) is 0. The molecule has 0 aliphatic carbocycles. The first-order valence-corrected chi connectivity index (χ1v) is 12.2. The van der Waals surface area contributed by atoms with Gasteiger partial charge in [-0.15, -0.1) is 21.5 Å². The molecule has 4 aromatic rings. The smallest absolute Gasteiger partial charge is 0.225 e. The van der Waals surface area contributed by atoms with Crippen molar-refractivity contribution in [3.8, 4) is 10.6 Å². The van der Waals surface area contributed by atoms with Gasteiger partial charge in [0.2, 0.25) is 5.91 Å². The Kier molecular flexibility index (Phi) is 6.44. The van der Waals surface area contributed by atoms with Gasteiger partial charge in [0, 0.05) is 13.1 Å². The van der Waals surface area contributed by atoms with Crippen molar-refractivity contribution in [1.29, 1.82) is 0 Å². The van der Waals surface area contributed by atoms with Crippen LogP contribution in [-0.4, -0.2) is 29.2 Å². The van der Waals surface area contributed by atoms with Crippen molar-refractivity contribution < 1.29 is 4.79 Å². The maximum absolute atomic E-state index is 13.4. The van der Waals surface area contributed by atoms with Crippen LogP contribution in [0.1, 0.15) is 30.0 Å². The van der Waals surface area contributed by atoms with E-state index in [0.717, 1.165) is 46.9 Å². The van der Waals surface area contributed by atoms with Gasteiger partial charge in [-0.1, -0.05) is 66.7 Å². The van der Waals surface area contributed by atoms with E-state index in [4.69, 9.17) is 0 Å². The Morgan fingerprint density at radius 1 is 0.909 bits per heavy atom. The highest BCUT2D eigenvalue weighted by atomic mass is 32.1. The van der Waals surface area contributed by atoms with Crippen molar-refractivity contribution in [2.45, 2.75) is 18.9 Å². The van der Waals surface area contributed by atoms with E-state index in [1.807, 2.05) is 66.0 Å². The molecule has 3 heterocycles. The maximum atomic E-state index is 13.4. The Bertz CT molecular complexity index is 1120. The molecule has 6 heteroatoms. The number of hydrogen-bond donors (Lipinski definition) is 1. The zero-order chi connectivity index (χ0) is 22.5. The van der Waals surface area contributed by atoms with E-state index in [1.54, 1.807) is 11.3 Å². The third kappa shape index (κ3) is 4.96. The Morgan fingerprint density at radius 3 is 2.24 bits per heavy atom. The first-order chi connectivity index (χ1) is 16.3. The standard InChI is InChI=1S/C27H26N4OS/c32-27(28-26(20-9-3-1-4-10-20)21-11-5-2-6-12-21)22-13-7-17-31(19-22)25-16-15-23(29-30-25)24-14-8-18-33-24/h1-6,8-12,14-16,18,22,26H,7,13,17,19H2,(H,28,32). The van der Waals surface area contributed by atoms with Gasteiger partial charge in [0.05, 0.1) is 16.8 Å². The molecule has 0 spiro atoms. The van der Waals surface area contributed by atoms with Crippen LogP contribution in [0.5, 0.6) is 0 Å². The highest BCUT2D eigenvalue weighted by Gasteiger charge is 2.29. The summed E-state index contributed by atoms with van der Waals surface area (Å²) in [6.07, 6.45) is 1.83. The Labute approximate surface area is 198 Å². The number of carbonyl (C=O) groups is 1. The van der Waals surface area contributed by atoms with E-state index in [-0.39, 0.29) is 17.9 Å². The average molecular weight is 455 g/mol. The lowest BCUT2D eigenvalue weighted by Crippen LogP contribution is -2.44. The van der Waals surface area contributed by atoms with E-state index >= 15 is 0 Å². The summed E-state index contributed by atoms with van der Waals surface area (Å²) in [5, 5.41) is 14.2. The molecule has 1 unspecified atom stereocenters. The van der Waals surface area contributed by atoms with Crippen LogP contribution in [0.4, 0.5) is 5.82 Å². The monoisotopic (exact) mass is 454 g/mol. The number of thiophene rings is 1. The summed E-state index contributed by atoms with van der Waals surface area (Å²) < 4.78 is 0. The molecule has 1 amide bonds. The highest BCUT2D eigenvalue weighted by molar-refractivity contribution is 7.13. The number of benzene rings is 2. The van der Waals surface area contributed by atoms with Crippen molar-refractivity contribution in [2.24, 2.45) is 5.92 Å². The molecule has 1 saturated heterocycles. The van der Waals surface area contributed by atoms with Crippen LogP contribution in [0.25, 0.3) is 10.6 Å². The molecule has 1 atom stereocenters. The summed E-state index contributed by atoms with van der Waals surface area (Å²) in [5.41, 5.74) is 3.05. The van der Waals surface area contributed by atoms with Crippen LogP contribution < -0.4 is 10.2 Å². The first-order valence-electron chi connectivity index (χ1n) is 11.3. The lowest BCUT2D eigenvalue weighted by Gasteiger charge is -2.33. The predicted octanol–water partition coefficient (Wildman–Crippen LogP) is 5.33. The largest absolute Gasteiger partial charge is 0.354 e. The minimum atomic E-state index is -0.167. The lowest BCUT2D eigenvalue weighted by molar-refractivity contribution is -0.125. The van der Waals surface area contributed by atoms with Crippen molar-refractivity contribution in [3.05, 3.63) is 101 Å². The van der Waals surface area contributed by atoms with Crippen molar-refractivity contribution >= 4 is 23.1 Å². The fourth-order valence-electron chi connectivity index (χ4n) is 4.36. The van der Waals surface area contributed by atoms with E-state index < -0.39 is 0 Å². The normalized spacial score (nSPS) is 16.0. The molecule has 2 aromatic carbocycles. The summed E-state index contributed by atoms with van der Waals surface area (Å²) in [4.78, 5) is 16.7. The van der Waals surface area contributed by atoms with E-state index in [0.29, 0.717) is 6.54 Å². The van der Waals surface area contributed by atoms with Gasteiger partial charge in [-0.3, -0.25) is 4.79 Å². The second-order valence-corrected chi connectivity index (χ2v) is 9.25. The number of carbonyl (C=O) groups excluding carboxylic acids is 1. The van der Waals surface area contributed by atoms with E-state index in [1.165, 1.54) is 0 Å². The Hall–Kier alpha value is -3.51. The van der Waals surface area contributed by atoms with E-state index in [9.17, 15) is 4.79 Å². The minimum absolute atomic E-state index is 0.0839. The molecule has 33 heavy (non-hydrogen) atoms. The number of amides is 1. The molecule has 5 rings (SSSR count). The van der Waals surface area contributed by atoms with Gasteiger partial charge in [-0.25, -0.2) is 0 Å². The fraction of sp³-hybridized carbons (Fsp3) is 0.222. The predicted molar refractivity (Wildman–Crippen MR) is 133 cm³/mol. The highest BCUT2D eigenvalue weighted by Crippen LogP contribution is 2.27. The van der Waals surface area contributed by atoms with Crippen LogP contribution in [0.3, 0.4) is 0 Å². The lowest BCUT2D eigenvalue weighted by atomic mass is 9.94. The number of nitrogens with zero attached hydrogens (tertiary/aromatic N) is 3. The summed E-state index contributed by atoms with van der Waals surface area (Å²) in [5.74, 6) is 0.823. The Morgan fingerprint density at radius 2 is 1.64 bits per heavy atom. The van der Waals surface area contributed by atoms with Gasteiger partial charge in [0.25, 0.3) is 0 Å². The van der Waals surface area contributed by atoms with E-state index in [2.05, 4.69) is 44.7 Å². The van der Waals surface area contributed by atoms with Crippen LogP contribution in [0.15, 0.2) is 90.3 Å². The summed E-state index contributed by atoms with van der Waals surface area (Å²) in [6.45, 7) is 1.53. The number of nitrogens with one attached hydrogen (secondary N) is 1. The number of hydrogen-bond acceptors (Lipinski definition) is 5. The molecule has 1 aliphatic rings. The van der Waals surface area contributed by atoms with Crippen molar-refractivity contribution in [1.82, 2.24) is 15.5 Å². The molecular formula is C27H26N4OS. The molecule has 0 radical (unpaired) electrons. The molecule has 2 aromatic heterocycles. The van der Waals surface area contributed by atoms with Crippen LogP contribution in [0.2, 0.25) is 0 Å². The van der Waals surface area contributed by atoms with Gasteiger partial charge in [0.1, 0.15) is 5.69 Å². The third-order valence-corrected chi connectivity index (χ3v) is 6.99. The topological polar surface area (TPSA) is 58.1 Å². The molecule has 166 valence electrons. The van der Waals surface area contributed by atoms with Gasteiger partial charge in [0.15, 0.2) is 5.82 Å². The molecule has 1 N–H and O–H groups in total. The summed E-state index contributed by atoms with van der Waals surface area (Å²) >= 11 is 1.65. The van der Waals surface area contributed by atoms with Gasteiger partial charge in [-0.2, -0.15) is 0 Å². The molecule has 0 bridgehead atoms. The quantitative estimate of drug-likeness (QED) is 0.428. The third-order valence-electron chi connectivity index (χ3n) is 6.09. The fourth-order valence-corrected chi connectivity index (χ4v) is 5.05. The number of piperidine rings is 1. The average Bonchev–Trinajstić information content (AvgIpc) is 3.43. The van der Waals surface area contributed by atoms with Crippen molar-refractivity contribution in [2.75, 3.05) is 18.0 Å². The number of rotatable bonds is 6. The number of anilines is 1. The van der Waals surface area contributed by atoms with Crippen LogP contribution in [-0.2, 0) is 4.79 Å². The second kappa shape index (κ2) is 9.96. The molecule has 1 aliphatic heterocycles. The zero-order valence-electron chi connectivity index (χ0n) is 18.3. The minimum Gasteiger partial charge on any atom is -0.354 e.